The summed E-state index contributed by atoms with van der Waals surface area (Å²) in [6, 6.07) is 0.741. The van der Waals surface area contributed by atoms with E-state index in [0.717, 1.165) is 11.0 Å². The molecule has 14 heteroatoms. The molecule has 0 spiro atoms. The maximum absolute atomic E-state index is 14.7. The predicted octanol–water partition coefficient (Wildman–Crippen LogP) is 2.92. The second-order valence-electron chi connectivity index (χ2n) is 7.14. The van der Waals surface area contributed by atoms with Crippen LogP contribution in [0, 0.1) is 11.6 Å². The first-order chi connectivity index (χ1) is 13.8. The number of halogens is 2. The van der Waals surface area contributed by atoms with Crippen LogP contribution in [-0.2, 0) is 26.9 Å². The third-order valence-corrected chi connectivity index (χ3v) is 5.02. The number of amides is 1. The molecule has 0 saturated heterocycles. The van der Waals surface area contributed by atoms with Crippen LogP contribution in [-0.4, -0.2) is 51.2 Å². The van der Waals surface area contributed by atoms with Crippen LogP contribution in [0.15, 0.2) is 16.2 Å². The monoisotopic (exact) mass is 462 g/mol. The number of nitrogens with one attached hydrogen (secondary N) is 1. The second-order valence-corrected chi connectivity index (χ2v) is 8.89. The van der Waals surface area contributed by atoms with E-state index in [4.69, 9.17) is 4.74 Å². The van der Waals surface area contributed by atoms with Crippen LogP contribution in [0.3, 0.4) is 0 Å². The first-order valence-corrected chi connectivity index (χ1v) is 10.4. The molecule has 3 aromatic rings. The Labute approximate surface area is 173 Å². The second kappa shape index (κ2) is 7.61. The number of aromatic nitrogens is 3. The topological polar surface area (TPSA) is 146 Å². The molecule has 162 valence electrons. The van der Waals surface area contributed by atoms with Gasteiger partial charge in [0, 0.05) is 13.1 Å². The maximum atomic E-state index is 14.7. The smallest absolute Gasteiger partial charge is 0.414 e. The van der Waals surface area contributed by atoms with Crippen molar-refractivity contribution in [3.8, 4) is 0 Å². The lowest BCUT2D eigenvalue weighted by atomic mass is 10.1. The number of fused-ring (bicyclic) bond motifs is 3. The average molecular weight is 462 g/mol. The van der Waals surface area contributed by atoms with Gasteiger partial charge in [0.15, 0.2) is 16.7 Å². The van der Waals surface area contributed by atoms with Gasteiger partial charge in [-0.1, -0.05) is 0 Å². The molecular weight excluding hydrogens is 446 g/mol. The molecule has 2 heterocycles. The fourth-order valence-corrected chi connectivity index (χ4v) is 3.66. The van der Waals surface area contributed by atoms with Gasteiger partial charge in [-0.3, -0.25) is 9.45 Å². The molecule has 0 aliphatic rings. The van der Waals surface area contributed by atoms with Crippen LogP contribution in [0.25, 0.3) is 21.9 Å². The molecule has 0 saturated carbocycles. The van der Waals surface area contributed by atoms with E-state index in [0.29, 0.717) is 0 Å². The number of H-pyrrole nitrogens is 1. The van der Waals surface area contributed by atoms with E-state index < -0.39 is 61.1 Å². The molecule has 3 rings (SSSR count). The fourth-order valence-electron chi connectivity index (χ4n) is 2.73. The van der Waals surface area contributed by atoms with Crippen molar-refractivity contribution in [3.63, 3.8) is 0 Å². The molecule has 2 aromatic heterocycles. The summed E-state index contributed by atoms with van der Waals surface area (Å²) in [6.45, 7) is 4.87. The van der Waals surface area contributed by atoms with Gasteiger partial charge in [-0.05, 0) is 20.8 Å². The lowest BCUT2D eigenvalue weighted by molar-refractivity contribution is 0.0589. The molecule has 0 radical (unpaired) electrons. The Balaban J connectivity index is 2.38. The van der Waals surface area contributed by atoms with Gasteiger partial charge < -0.3 is 14.3 Å². The van der Waals surface area contributed by atoms with E-state index in [1.54, 1.807) is 20.8 Å². The van der Waals surface area contributed by atoms with Crippen molar-refractivity contribution < 1.29 is 35.8 Å². The maximum Gasteiger partial charge on any atom is 0.414 e. The minimum Gasteiger partial charge on any atom is -0.443 e. The molecule has 2 atom stereocenters. The molecule has 0 aliphatic carbocycles. The Morgan fingerprint density at radius 1 is 1.17 bits per heavy atom. The summed E-state index contributed by atoms with van der Waals surface area (Å²) in [5.41, 5.74) is -1.47. The van der Waals surface area contributed by atoms with Crippen LogP contribution in [0.4, 0.5) is 19.3 Å². The highest BCUT2D eigenvalue weighted by molar-refractivity contribution is 7.80. The fraction of sp³-hybridized carbons (Fsp3) is 0.312. The van der Waals surface area contributed by atoms with Gasteiger partial charge in [0.25, 0.3) is 0 Å². The lowest BCUT2D eigenvalue weighted by Gasteiger charge is -2.25. The van der Waals surface area contributed by atoms with Crippen LogP contribution in [0.5, 0.6) is 0 Å². The zero-order chi connectivity index (χ0) is 22.5. The molecule has 2 unspecified atom stereocenters. The summed E-state index contributed by atoms with van der Waals surface area (Å²) in [5.74, 6) is -2.73. The Morgan fingerprint density at radius 2 is 1.80 bits per heavy atom. The van der Waals surface area contributed by atoms with Gasteiger partial charge >= 0.3 is 6.09 Å². The van der Waals surface area contributed by atoms with E-state index in [9.17, 15) is 31.1 Å². The Morgan fingerprint density at radius 3 is 2.33 bits per heavy atom. The summed E-state index contributed by atoms with van der Waals surface area (Å²) in [7, 11) is 1.26. The minimum absolute atomic E-state index is 0.154. The molecule has 1 aromatic carbocycles. The van der Waals surface area contributed by atoms with E-state index in [1.165, 1.54) is 7.05 Å². The quantitative estimate of drug-likeness (QED) is 0.306. The summed E-state index contributed by atoms with van der Waals surface area (Å²) in [4.78, 5) is 23.2. The molecule has 30 heavy (non-hydrogen) atoms. The van der Waals surface area contributed by atoms with E-state index in [-0.39, 0.29) is 22.2 Å². The zero-order valence-corrected chi connectivity index (χ0v) is 17.7. The Hall–Kier alpha value is -2.55. The van der Waals surface area contributed by atoms with Crippen LogP contribution in [0.1, 0.15) is 20.8 Å². The summed E-state index contributed by atoms with van der Waals surface area (Å²) in [6.07, 6.45) is -0.873. The van der Waals surface area contributed by atoms with Gasteiger partial charge in [-0.2, -0.15) is 0 Å². The predicted molar refractivity (Wildman–Crippen MR) is 104 cm³/mol. The van der Waals surface area contributed by atoms with Gasteiger partial charge in [0.05, 0.1) is 22.0 Å². The molecule has 10 nitrogen and oxygen atoms in total. The van der Waals surface area contributed by atoms with Crippen molar-refractivity contribution in [2.24, 2.45) is 0 Å². The van der Waals surface area contributed by atoms with E-state index in [1.807, 2.05) is 0 Å². The standard InChI is InChI=1S/C16H16F2N4O6S2/c1-16(2,3)28-15(23)22(4)7-5-6(17)10(18)8-9-12(19-11(7)8)20-14(30(26)27)21-13(9)29(24)25/h5H,1-4H3,(H,24,25)(H,26,27)(H,19,20,21). The number of anilines is 1. The van der Waals surface area contributed by atoms with Crippen molar-refractivity contribution in [1.29, 1.82) is 0 Å². The van der Waals surface area contributed by atoms with Gasteiger partial charge in [0.1, 0.15) is 11.2 Å². The summed E-state index contributed by atoms with van der Waals surface area (Å²) >= 11 is -5.55. The van der Waals surface area contributed by atoms with E-state index in [2.05, 4.69) is 15.0 Å². The molecule has 1 amide bonds. The van der Waals surface area contributed by atoms with Crippen LogP contribution in [0.2, 0.25) is 0 Å². The van der Waals surface area contributed by atoms with Crippen molar-refractivity contribution in [2.45, 2.75) is 36.6 Å². The molecule has 0 fully saturated rings. The number of nitrogens with zero attached hydrogens (tertiary/aromatic N) is 3. The largest absolute Gasteiger partial charge is 0.443 e. The third kappa shape index (κ3) is 3.90. The highest BCUT2D eigenvalue weighted by Gasteiger charge is 2.28. The van der Waals surface area contributed by atoms with Crippen molar-refractivity contribution in [2.75, 3.05) is 11.9 Å². The normalized spacial score (nSPS) is 14.1. The van der Waals surface area contributed by atoms with Crippen molar-refractivity contribution in [3.05, 3.63) is 17.7 Å². The van der Waals surface area contributed by atoms with Gasteiger partial charge in [-0.25, -0.2) is 32.0 Å². The Bertz CT molecular complexity index is 1240. The SMILES string of the molecule is CN(C(=O)OC(C)(C)C)c1cc(F)c(F)c2c1[nH]c1nc(S(=O)O)nc(S(=O)O)c12. The number of hydrogen-bond acceptors (Lipinski definition) is 6. The first-order valence-electron chi connectivity index (χ1n) is 8.21. The van der Waals surface area contributed by atoms with Gasteiger partial charge in [0.2, 0.25) is 27.3 Å². The van der Waals surface area contributed by atoms with Crippen molar-refractivity contribution >= 4 is 55.9 Å². The number of aromatic amines is 1. The first kappa shape index (κ1) is 22.1. The minimum atomic E-state index is -2.83. The average Bonchev–Trinajstić information content (AvgIpc) is 3.01. The molecule has 0 bridgehead atoms. The number of ether oxygens (including phenoxy) is 1. The number of benzene rings is 1. The van der Waals surface area contributed by atoms with Crippen LogP contribution >= 0.6 is 0 Å². The Kier molecular flexibility index (Phi) is 5.62. The van der Waals surface area contributed by atoms with Crippen LogP contribution < -0.4 is 4.90 Å². The molecule has 0 aliphatic heterocycles. The third-order valence-electron chi connectivity index (χ3n) is 3.90. The van der Waals surface area contributed by atoms with E-state index >= 15 is 0 Å². The number of carbonyl (C=O) groups is 1. The number of rotatable bonds is 3. The highest BCUT2D eigenvalue weighted by Crippen LogP contribution is 2.37. The van der Waals surface area contributed by atoms with Crippen molar-refractivity contribution in [1.82, 2.24) is 15.0 Å². The molecular formula is C16H16F2N4O6S2. The summed E-state index contributed by atoms with van der Waals surface area (Å²) < 4.78 is 76.2. The number of carbonyl (C=O) groups excluding carboxylic acids is 1. The zero-order valence-electron chi connectivity index (χ0n) is 16.0. The lowest BCUT2D eigenvalue weighted by Crippen LogP contribution is -2.34. The summed E-state index contributed by atoms with van der Waals surface area (Å²) in [5, 5.41) is -2.27. The highest BCUT2D eigenvalue weighted by atomic mass is 32.2. The molecule has 3 N–H and O–H groups in total. The number of hydrogen-bond donors (Lipinski definition) is 3. The van der Waals surface area contributed by atoms with Gasteiger partial charge in [-0.15, -0.1) is 0 Å².